The smallest absolute Gasteiger partial charge is 0.160 e. The number of nitrogens with zero attached hydrogens (tertiary/aromatic N) is 4. The van der Waals surface area contributed by atoms with Crippen LogP contribution in [-0.4, -0.2) is 70.6 Å². The lowest BCUT2D eigenvalue weighted by Crippen LogP contribution is -2.29. The fraction of sp³-hybridized carbons (Fsp3) is 0.536. The number of hydrogen-bond acceptors (Lipinski definition) is 8. The number of aliphatic hydroxyl groups is 1. The van der Waals surface area contributed by atoms with Crippen molar-refractivity contribution in [1.82, 2.24) is 25.3 Å². The summed E-state index contributed by atoms with van der Waals surface area (Å²) in [7, 11) is 1.81. The number of hydrogen-bond donors (Lipinski definition) is 2. The molecule has 1 unspecified atom stereocenters. The van der Waals surface area contributed by atoms with Crippen LogP contribution in [0, 0.1) is 26.7 Å². The molecule has 2 aliphatic rings. The van der Waals surface area contributed by atoms with Gasteiger partial charge in [0.05, 0.1) is 17.0 Å². The summed E-state index contributed by atoms with van der Waals surface area (Å²) in [6, 6.07) is 8.60. The lowest BCUT2D eigenvalue weighted by molar-refractivity contribution is 0.108. The van der Waals surface area contributed by atoms with Gasteiger partial charge in [0.1, 0.15) is 24.2 Å². The Balaban J connectivity index is 1.47. The van der Waals surface area contributed by atoms with Crippen molar-refractivity contribution in [2.24, 2.45) is 5.92 Å². The number of rotatable bonds is 10. The van der Waals surface area contributed by atoms with Gasteiger partial charge in [-0.2, -0.15) is 0 Å². The zero-order valence-electron chi connectivity index (χ0n) is 21.8. The molecule has 2 fully saturated rings. The zero-order chi connectivity index (χ0) is 25.2. The third-order valence-electron chi connectivity index (χ3n) is 7.35. The van der Waals surface area contributed by atoms with Gasteiger partial charge in [0.2, 0.25) is 0 Å². The Morgan fingerprint density at radius 1 is 1.19 bits per heavy atom. The molecule has 1 aliphatic heterocycles. The minimum absolute atomic E-state index is 0.216. The molecule has 36 heavy (non-hydrogen) atoms. The van der Waals surface area contributed by atoms with Gasteiger partial charge in [-0.1, -0.05) is 17.3 Å². The van der Waals surface area contributed by atoms with E-state index in [2.05, 4.69) is 22.3 Å². The lowest BCUT2D eigenvalue weighted by atomic mass is 9.96. The molecule has 8 heteroatoms. The van der Waals surface area contributed by atoms with Crippen LogP contribution in [-0.2, 0) is 6.42 Å². The molecule has 1 aliphatic carbocycles. The molecule has 1 saturated heterocycles. The molecule has 1 saturated carbocycles. The molecule has 5 rings (SSSR count). The van der Waals surface area contributed by atoms with Gasteiger partial charge in [0.25, 0.3) is 0 Å². The zero-order valence-corrected chi connectivity index (χ0v) is 21.8. The molecule has 2 N–H and O–H groups in total. The van der Waals surface area contributed by atoms with Crippen molar-refractivity contribution in [1.29, 1.82) is 0 Å². The molecule has 0 amide bonds. The Bertz CT molecular complexity index is 1190. The number of likely N-dealkylation sites (N-methyl/N-ethyl adjacent to an activating group) is 1. The third-order valence-corrected chi connectivity index (χ3v) is 7.35. The number of benzene rings is 1. The Morgan fingerprint density at radius 2 is 2.03 bits per heavy atom. The first-order chi connectivity index (χ1) is 17.4. The van der Waals surface area contributed by atoms with Crippen LogP contribution in [0.2, 0.25) is 0 Å². The van der Waals surface area contributed by atoms with E-state index in [1.165, 1.54) is 25.8 Å². The van der Waals surface area contributed by atoms with E-state index in [9.17, 15) is 5.11 Å². The minimum atomic E-state index is -0.575. The third kappa shape index (κ3) is 5.45. The summed E-state index contributed by atoms with van der Waals surface area (Å²) in [5.41, 5.74) is 5.75. The second kappa shape index (κ2) is 10.7. The van der Waals surface area contributed by atoms with Crippen LogP contribution in [0.3, 0.4) is 0 Å². The van der Waals surface area contributed by atoms with Gasteiger partial charge in [-0.25, -0.2) is 9.97 Å². The summed E-state index contributed by atoms with van der Waals surface area (Å²) in [5.74, 6) is 2.72. The molecule has 192 valence electrons. The van der Waals surface area contributed by atoms with Gasteiger partial charge < -0.3 is 24.6 Å². The van der Waals surface area contributed by atoms with E-state index < -0.39 is 6.10 Å². The Hall–Kier alpha value is -2.81. The van der Waals surface area contributed by atoms with Crippen LogP contribution in [0.15, 0.2) is 28.8 Å². The fourth-order valence-corrected chi connectivity index (χ4v) is 5.24. The molecule has 1 aromatic carbocycles. The second-order valence-corrected chi connectivity index (χ2v) is 10.3. The van der Waals surface area contributed by atoms with Crippen molar-refractivity contribution in [2.45, 2.75) is 58.6 Å². The Kier molecular flexibility index (Phi) is 7.37. The first-order valence-electron chi connectivity index (χ1n) is 13.0. The van der Waals surface area contributed by atoms with E-state index in [1.807, 2.05) is 45.2 Å². The Morgan fingerprint density at radius 3 is 2.75 bits per heavy atom. The first-order valence-corrected chi connectivity index (χ1v) is 13.0. The topological polar surface area (TPSA) is 96.5 Å². The quantitative estimate of drug-likeness (QED) is 0.443. The maximum atomic E-state index is 10.0. The predicted molar refractivity (Wildman–Crippen MR) is 139 cm³/mol. The molecule has 3 heterocycles. The number of likely N-dealkylation sites (tertiary alicyclic amines) is 1. The molecule has 2 atom stereocenters. The highest BCUT2D eigenvalue weighted by molar-refractivity contribution is 5.71. The normalized spacial score (nSPS) is 19.1. The van der Waals surface area contributed by atoms with Crippen molar-refractivity contribution in [3.63, 3.8) is 0 Å². The summed E-state index contributed by atoms with van der Waals surface area (Å²) < 4.78 is 11.3. The van der Waals surface area contributed by atoms with Crippen molar-refractivity contribution in [3.8, 4) is 28.4 Å². The molecule has 0 spiro atoms. The monoisotopic (exact) mass is 491 g/mol. The molecule has 8 nitrogen and oxygen atoms in total. The second-order valence-electron chi connectivity index (χ2n) is 10.3. The van der Waals surface area contributed by atoms with E-state index >= 15 is 0 Å². The van der Waals surface area contributed by atoms with Crippen molar-refractivity contribution in [2.75, 3.05) is 33.3 Å². The number of nitrogens with one attached hydrogen (secondary N) is 1. The van der Waals surface area contributed by atoms with Crippen LogP contribution in [0.5, 0.6) is 5.75 Å². The SMILES string of the molecule is CNCC(O)COc1cccc(-c2nc(C[C@@H]3CCN(C4CC4)C3)c(C)c(-c3c(C)noc3C)n2)c1. The summed E-state index contributed by atoms with van der Waals surface area (Å²) in [5, 5.41) is 17.2. The highest BCUT2D eigenvalue weighted by atomic mass is 16.5. The van der Waals surface area contributed by atoms with Crippen molar-refractivity contribution in [3.05, 3.63) is 47.0 Å². The molecule has 0 radical (unpaired) electrons. The van der Waals surface area contributed by atoms with E-state index in [-0.39, 0.29) is 6.61 Å². The van der Waals surface area contributed by atoms with Crippen LogP contribution >= 0.6 is 0 Å². The van der Waals surface area contributed by atoms with E-state index in [1.54, 1.807) is 0 Å². The highest BCUT2D eigenvalue weighted by Gasteiger charge is 2.35. The van der Waals surface area contributed by atoms with Gasteiger partial charge in [-0.05, 0) is 83.7 Å². The minimum Gasteiger partial charge on any atom is -0.491 e. The van der Waals surface area contributed by atoms with Gasteiger partial charge in [0, 0.05) is 30.4 Å². The van der Waals surface area contributed by atoms with Crippen molar-refractivity contribution < 1.29 is 14.4 Å². The average molecular weight is 492 g/mol. The van der Waals surface area contributed by atoms with Crippen molar-refractivity contribution >= 4 is 0 Å². The first kappa shape index (κ1) is 24.9. The maximum Gasteiger partial charge on any atom is 0.160 e. The van der Waals surface area contributed by atoms with Crippen LogP contribution < -0.4 is 10.1 Å². The molecule has 3 aromatic rings. The van der Waals surface area contributed by atoms with Gasteiger partial charge in [-0.3, -0.25) is 0 Å². The number of aryl methyl sites for hydroxylation is 2. The van der Waals surface area contributed by atoms with Gasteiger partial charge >= 0.3 is 0 Å². The fourth-order valence-electron chi connectivity index (χ4n) is 5.24. The van der Waals surface area contributed by atoms with E-state index in [4.69, 9.17) is 19.2 Å². The molecule has 0 bridgehead atoms. The van der Waals surface area contributed by atoms with Gasteiger partial charge in [0.15, 0.2) is 5.82 Å². The van der Waals surface area contributed by atoms with E-state index in [0.717, 1.165) is 58.5 Å². The summed E-state index contributed by atoms with van der Waals surface area (Å²) in [6.07, 6.45) is 4.28. The molecular weight excluding hydrogens is 454 g/mol. The highest BCUT2D eigenvalue weighted by Crippen LogP contribution is 2.35. The molecule has 2 aromatic heterocycles. The van der Waals surface area contributed by atoms with Crippen LogP contribution in [0.25, 0.3) is 22.6 Å². The van der Waals surface area contributed by atoms with E-state index in [0.29, 0.717) is 24.0 Å². The molecular formula is C28H37N5O3. The summed E-state index contributed by atoms with van der Waals surface area (Å²) >= 11 is 0. The largest absolute Gasteiger partial charge is 0.491 e. The number of aromatic nitrogens is 3. The summed E-state index contributed by atoms with van der Waals surface area (Å²) in [6.45, 7) is 9.06. The average Bonchev–Trinajstić information content (AvgIpc) is 3.53. The van der Waals surface area contributed by atoms with Crippen LogP contribution in [0.1, 0.15) is 42.0 Å². The number of ether oxygens (including phenoxy) is 1. The maximum absolute atomic E-state index is 10.0. The Labute approximate surface area is 213 Å². The summed E-state index contributed by atoms with van der Waals surface area (Å²) in [4.78, 5) is 12.8. The van der Waals surface area contributed by atoms with Gasteiger partial charge in [-0.15, -0.1) is 0 Å². The van der Waals surface area contributed by atoms with Crippen LogP contribution in [0.4, 0.5) is 0 Å². The number of aliphatic hydroxyl groups excluding tert-OH is 1. The predicted octanol–water partition coefficient (Wildman–Crippen LogP) is 3.71. The standard InChI is InChI=1S/C28H37N5O3/c1-17-25(12-20-10-11-33(15-20)22-8-9-22)30-28(31-27(17)26-18(2)32-36-19(26)3)21-6-5-7-24(13-21)35-16-23(34)14-29-4/h5-7,13,20,22-23,29,34H,8-12,14-16H2,1-4H3/t20-,23?/m0/s1. The lowest BCUT2D eigenvalue weighted by Gasteiger charge is -2.17.